The van der Waals surface area contributed by atoms with E-state index in [0.717, 1.165) is 42.5 Å². The number of nitrogens with one attached hydrogen (secondary N) is 1. The van der Waals surface area contributed by atoms with E-state index in [2.05, 4.69) is 10.2 Å². The molecular weight excluding hydrogens is 264 g/mol. The van der Waals surface area contributed by atoms with Gasteiger partial charge in [-0.15, -0.1) is 0 Å². The molecule has 2 aliphatic rings. The molecule has 1 aromatic carbocycles. The molecule has 19 heavy (non-hydrogen) atoms. The Morgan fingerprint density at radius 1 is 1.32 bits per heavy atom. The van der Waals surface area contributed by atoms with Crippen molar-refractivity contribution in [3.05, 3.63) is 28.9 Å². The Labute approximate surface area is 115 Å². The number of hydrogen-bond donors (Lipinski definition) is 2. The van der Waals surface area contributed by atoms with Gasteiger partial charge in [-0.05, 0) is 42.4 Å². The number of halogens is 1. The maximum atomic E-state index is 11.1. The highest BCUT2D eigenvalue weighted by Gasteiger charge is 2.48. The molecule has 4 rings (SSSR count). The average molecular weight is 279 g/mol. The summed E-state index contributed by atoms with van der Waals surface area (Å²) < 4.78 is 5.48. The molecule has 1 aliphatic heterocycles. The number of aromatic amines is 1. The zero-order valence-electron chi connectivity index (χ0n) is 10.4. The Kier molecular flexibility index (Phi) is 2.43. The van der Waals surface area contributed by atoms with Crippen LogP contribution in [0.15, 0.2) is 18.3 Å². The van der Waals surface area contributed by atoms with Crippen LogP contribution in [0.5, 0.6) is 0 Å². The lowest BCUT2D eigenvalue weighted by atomic mass is 9.88. The lowest BCUT2D eigenvalue weighted by Crippen LogP contribution is -2.23. The molecule has 0 unspecified atom stereocenters. The topological polar surface area (TPSA) is 58.1 Å². The Morgan fingerprint density at radius 3 is 2.79 bits per heavy atom. The molecule has 0 radical (unpaired) electrons. The SMILES string of the molecule is O[C@]1(c2cc(Cl)cc3[nH]ncc23)C[C@H]2COC[C@H]2C1. The van der Waals surface area contributed by atoms with Gasteiger partial charge in [0, 0.05) is 23.6 Å². The summed E-state index contributed by atoms with van der Waals surface area (Å²) in [5, 5.41) is 19.6. The number of benzene rings is 1. The van der Waals surface area contributed by atoms with Crippen LogP contribution in [0.25, 0.3) is 10.9 Å². The molecule has 1 aromatic heterocycles. The molecule has 1 saturated heterocycles. The maximum Gasteiger partial charge on any atom is 0.0911 e. The third-order valence-corrected chi connectivity index (χ3v) is 4.77. The number of nitrogens with zero attached hydrogens (tertiary/aromatic N) is 1. The van der Waals surface area contributed by atoms with Crippen LogP contribution in [0.4, 0.5) is 0 Å². The molecule has 4 nitrogen and oxygen atoms in total. The molecule has 0 bridgehead atoms. The minimum Gasteiger partial charge on any atom is -0.385 e. The van der Waals surface area contributed by atoms with E-state index in [0.29, 0.717) is 16.9 Å². The van der Waals surface area contributed by atoms with Crippen molar-refractivity contribution in [1.29, 1.82) is 0 Å². The Balaban J connectivity index is 1.83. The van der Waals surface area contributed by atoms with E-state index in [1.165, 1.54) is 0 Å². The second kappa shape index (κ2) is 3.95. The summed E-state index contributed by atoms with van der Waals surface area (Å²) in [4.78, 5) is 0. The Hall–Kier alpha value is -1.10. The largest absolute Gasteiger partial charge is 0.385 e. The van der Waals surface area contributed by atoms with Crippen molar-refractivity contribution >= 4 is 22.5 Å². The number of aromatic nitrogens is 2. The first-order chi connectivity index (χ1) is 9.16. The summed E-state index contributed by atoms with van der Waals surface area (Å²) >= 11 is 6.16. The van der Waals surface area contributed by atoms with Gasteiger partial charge in [0.1, 0.15) is 0 Å². The molecule has 0 amide bonds. The van der Waals surface area contributed by atoms with Gasteiger partial charge in [0.05, 0.1) is 17.3 Å². The van der Waals surface area contributed by atoms with Crippen molar-refractivity contribution in [2.45, 2.75) is 18.4 Å². The smallest absolute Gasteiger partial charge is 0.0911 e. The highest BCUT2D eigenvalue weighted by Crippen LogP contribution is 2.50. The van der Waals surface area contributed by atoms with E-state index in [4.69, 9.17) is 16.3 Å². The number of hydrogen-bond acceptors (Lipinski definition) is 3. The van der Waals surface area contributed by atoms with E-state index in [9.17, 15) is 5.11 Å². The first kappa shape index (κ1) is 11.7. The molecule has 2 fully saturated rings. The monoisotopic (exact) mass is 278 g/mol. The van der Waals surface area contributed by atoms with Crippen LogP contribution in [-0.2, 0) is 10.3 Å². The van der Waals surface area contributed by atoms with Crippen molar-refractivity contribution in [2.24, 2.45) is 11.8 Å². The molecular formula is C14H15ClN2O2. The number of rotatable bonds is 1. The lowest BCUT2D eigenvalue weighted by Gasteiger charge is -2.25. The van der Waals surface area contributed by atoms with Gasteiger partial charge in [-0.25, -0.2) is 0 Å². The van der Waals surface area contributed by atoms with Crippen LogP contribution >= 0.6 is 11.6 Å². The van der Waals surface area contributed by atoms with E-state index in [1.54, 1.807) is 6.20 Å². The van der Waals surface area contributed by atoms with Gasteiger partial charge in [0.15, 0.2) is 0 Å². The minimum absolute atomic E-state index is 0.464. The molecule has 0 spiro atoms. The predicted octanol–water partition coefficient (Wildman–Crippen LogP) is 2.46. The Bertz CT molecular complexity index is 627. The fourth-order valence-electron chi connectivity index (χ4n) is 3.67. The minimum atomic E-state index is -0.799. The summed E-state index contributed by atoms with van der Waals surface area (Å²) in [6.07, 6.45) is 3.26. The van der Waals surface area contributed by atoms with Crippen LogP contribution in [-0.4, -0.2) is 28.5 Å². The fourth-order valence-corrected chi connectivity index (χ4v) is 3.88. The summed E-state index contributed by atoms with van der Waals surface area (Å²) in [6.45, 7) is 1.53. The van der Waals surface area contributed by atoms with E-state index < -0.39 is 5.60 Å². The molecule has 2 heterocycles. The van der Waals surface area contributed by atoms with Crippen molar-refractivity contribution in [1.82, 2.24) is 10.2 Å². The molecule has 1 saturated carbocycles. The highest BCUT2D eigenvalue weighted by molar-refractivity contribution is 6.31. The summed E-state index contributed by atoms with van der Waals surface area (Å²) in [7, 11) is 0. The maximum absolute atomic E-state index is 11.1. The molecule has 100 valence electrons. The third kappa shape index (κ3) is 1.71. The van der Waals surface area contributed by atoms with Crippen LogP contribution in [0, 0.1) is 11.8 Å². The second-order valence-electron chi connectivity index (χ2n) is 5.78. The van der Waals surface area contributed by atoms with Crippen molar-refractivity contribution in [3.63, 3.8) is 0 Å². The molecule has 5 heteroatoms. The molecule has 1 aliphatic carbocycles. The van der Waals surface area contributed by atoms with Gasteiger partial charge < -0.3 is 9.84 Å². The van der Waals surface area contributed by atoms with Gasteiger partial charge in [-0.1, -0.05) is 11.6 Å². The normalized spacial score (nSPS) is 34.0. The summed E-state index contributed by atoms with van der Waals surface area (Å²) in [6, 6.07) is 3.72. The van der Waals surface area contributed by atoms with Crippen molar-refractivity contribution < 1.29 is 9.84 Å². The summed E-state index contributed by atoms with van der Waals surface area (Å²) in [5.74, 6) is 0.928. The molecule has 2 aromatic rings. The van der Waals surface area contributed by atoms with E-state index in [-0.39, 0.29) is 0 Å². The highest BCUT2D eigenvalue weighted by atomic mass is 35.5. The zero-order chi connectivity index (χ0) is 13.0. The van der Waals surface area contributed by atoms with Crippen LogP contribution in [0.2, 0.25) is 5.02 Å². The van der Waals surface area contributed by atoms with Crippen molar-refractivity contribution in [3.8, 4) is 0 Å². The van der Waals surface area contributed by atoms with Crippen LogP contribution in [0.3, 0.4) is 0 Å². The first-order valence-corrected chi connectivity index (χ1v) is 6.97. The van der Waals surface area contributed by atoms with Gasteiger partial charge >= 0.3 is 0 Å². The van der Waals surface area contributed by atoms with Crippen LogP contribution < -0.4 is 0 Å². The molecule has 3 atom stereocenters. The third-order valence-electron chi connectivity index (χ3n) is 4.56. The molecule has 2 N–H and O–H groups in total. The average Bonchev–Trinajstić information content (AvgIpc) is 3.01. The predicted molar refractivity (Wildman–Crippen MR) is 72.0 cm³/mol. The van der Waals surface area contributed by atoms with Crippen molar-refractivity contribution in [2.75, 3.05) is 13.2 Å². The fraction of sp³-hybridized carbons (Fsp3) is 0.500. The van der Waals surface area contributed by atoms with Gasteiger partial charge in [0.25, 0.3) is 0 Å². The second-order valence-corrected chi connectivity index (χ2v) is 6.22. The summed E-state index contributed by atoms with van der Waals surface area (Å²) in [5.41, 5.74) is 0.981. The van der Waals surface area contributed by atoms with E-state index >= 15 is 0 Å². The van der Waals surface area contributed by atoms with Crippen LogP contribution in [0.1, 0.15) is 18.4 Å². The number of fused-ring (bicyclic) bond motifs is 2. The number of ether oxygens (including phenoxy) is 1. The Morgan fingerprint density at radius 2 is 2.05 bits per heavy atom. The zero-order valence-corrected chi connectivity index (χ0v) is 11.2. The van der Waals surface area contributed by atoms with E-state index in [1.807, 2.05) is 12.1 Å². The number of H-pyrrole nitrogens is 1. The lowest BCUT2D eigenvalue weighted by molar-refractivity contribution is 0.0233. The standard InChI is InChI=1S/C14H15ClN2O2/c15-10-1-12(11-5-16-17-13(11)2-10)14(18)3-8-6-19-7-9(8)4-14/h1-2,5,8-9,18H,3-4,6-7H2,(H,16,17)/t8-,9+,14+. The van der Waals surface area contributed by atoms with Gasteiger partial charge in [0.2, 0.25) is 0 Å². The first-order valence-electron chi connectivity index (χ1n) is 6.59. The number of aliphatic hydroxyl groups is 1. The van der Waals surface area contributed by atoms with Gasteiger partial charge in [-0.3, -0.25) is 5.10 Å². The quantitative estimate of drug-likeness (QED) is 0.842. The van der Waals surface area contributed by atoms with Gasteiger partial charge in [-0.2, -0.15) is 5.10 Å².